The first kappa shape index (κ1) is 10.5. The Morgan fingerprint density at radius 3 is 2.67 bits per heavy atom. The third-order valence-electron chi connectivity index (χ3n) is 2.69. The maximum absolute atomic E-state index is 5.97. The Hall–Kier alpha value is -1.03. The zero-order chi connectivity index (χ0) is 11.0. The molecule has 1 heterocycles. The van der Waals surface area contributed by atoms with E-state index < -0.39 is 0 Å². The molecular formula is C10H15ClN4. The van der Waals surface area contributed by atoms with Gasteiger partial charge in [-0.1, -0.05) is 0 Å². The molecule has 0 saturated heterocycles. The van der Waals surface area contributed by atoms with E-state index in [0.717, 1.165) is 18.1 Å². The van der Waals surface area contributed by atoms with Crippen molar-refractivity contribution in [3.63, 3.8) is 0 Å². The molecule has 0 radical (unpaired) electrons. The second-order valence-electron chi connectivity index (χ2n) is 3.83. The Morgan fingerprint density at radius 1 is 1.47 bits per heavy atom. The third-order valence-corrected chi connectivity index (χ3v) is 2.86. The maximum atomic E-state index is 5.97. The molecule has 0 atom stereocenters. The number of hydrogen-bond acceptors (Lipinski definition) is 4. The van der Waals surface area contributed by atoms with Crippen LogP contribution in [-0.4, -0.2) is 22.6 Å². The van der Waals surface area contributed by atoms with Gasteiger partial charge in [0.2, 0.25) is 5.28 Å². The van der Waals surface area contributed by atoms with E-state index in [1.54, 1.807) is 0 Å². The molecular weight excluding hydrogens is 212 g/mol. The summed E-state index contributed by atoms with van der Waals surface area (Å²) in [5, 5.41) is 0.274. The Kier molecular flexibility index (Phi) is 2.69. The van der Waals surface area contributed by atoms with E-state index in [9.17, 15) is 0 Å². The summed E-state index contributed by atoms with van der Waals surface area (Å²) in [5.74, 6) is 0.789. The van der Waals surface area contributed by atoms with Crippen molar-refractivity contribution >= 4 is 23.1 Å². The fourth-order valence-electron chi connectivity index (χ4n) is 1.72. The number of rotatable bonds is 3. The zero-order valence-corrected chi connectivity index (χ0v) is 9.75. The predicted molar refractivity (Wildman–Crippen MR) is 62.2 cm³/mol. The van der Waals surface area contributed by atoms with Crippen LogP contribution in [0.1, 0.15) is 25.5 Å². The van der Waals surface area contributed by atoms with Crippen molar-refractivity contribution in [1.82, 2.24) is 9.97 Å². The van der Waals surface area contributed by atoms with Crippen LogP contribution in [0.5, 0.6) is 0 Å². The van der Waals surface area contributed by atoms with Crippen LogP contribution in [0.25, 0.3) is 0 Å². The molecule has 1 aliphatic rings. The van der Waals surface area contributed by atoms with Crippen LogP contribution in [0, 0.1) is 6.92 Å². The van der Waals surface area contributed by atoms with Crippen molar-refractivity contribution < 1.29 is 0 Å². The monoisotopic (exact) mass is 226 g/mol. The molecule has 2 rings (SSSR count). The van der Waals surface area contributed by atoms with Gasteiger partial charge in [0.1, 0.15) is 0 Å². The molecule has 0 aromatic carbocycles. The van der Waals surface area contributed by atoms with Crippen LogP contribution in [0.15, 0.2) is 0 Å². The summed E-state index contributed by atoms with van der Waals surface area (Å²) >= 11 is 5.84. The number of aromatic nitrogens is 2. The Morgan fingerprint density at radius 2 is 2.13 bits per heavy atom. The quantitative estimate of drug-likeness (QED) is 0.802. The molecule has 1 aromatic heterocycles. The molecule has 1 saturated carbocycles. The van der Waals surface area contributed by atoms with Crippen LogP contribution in [0.2, 0.25) is 5.28 Å². The topological polar surface area (TPSA) is 55.0 Å². The van der Waals surface area contributed by atoms with Gasteiger partial charge in [0.05, 0.1) is 11.4 Å². The van der Waals surface area contributed by atoms with Gasteiger partial charge in [-0.05, 0) is 38.3 Å². The van der Waals surface area contributed by atoms with E-state index in [2.05, 4.69) is 21.8 Å². The molecule has 0 aliphatic heterocycles. The predicted octanol–water partition coefficient (Wildman–Crippen LogP) is 2.01. The number of hydrogen-bond donors (Lipinski definition) is 1. The molecule has 1 aromatic rings. The summed E-state index contributed by atoms with van der Waals surface area (Å²) in [6.07, 6.45) is 2.43. The minimum absolute atomic E-state index is 0.274. The van der Waals surface area contributed by atoms with Crippen molar-refractivity contribution in [2.75, 3.05) is 17.2 Å². The Bertz CT molecular complexity index is 376. The molecule has 15 heavy (non-hydrogen) atoms. The number of anilines is 2. The van der Waals surface area contributed by atoms with Crippen LogP contribution in [0.3, 0.4) is 0 Å². The molecule has 4 nitrogen and oxygen atoms in total. The van der Waals surface area contributed by atoms with Crippen LogP contribution < -0.4 is 10.6 Å². The molecule has 1 fully saturated rings. The highest BCUT2D eigenvalue weighted by Crippen LogP contribution is 2.34. The fourth-order valence-corrected chi connectivity index (χ4v) is 1.93. The summed E-state index contributed by atoms with van der Waals surface area (Å²) in [7, 11) is 0. The van der Waals surface area contributed by atoms with Gasteiger partial charge in [-0.15, -0.1) is 0 Å². The number of nitrogens with zero attached hydrogens (tertiary/aromatic N) is 3. The highest BCUT2D eigenvalue weighted by molar-refractivity contribution is 6.28. The lowest BCUT2D eigenvalue weighted by atomic mass is 10.3. The normalized spacial score (nSPS) is 15.4. The first-order chi connectivity index (χ1) is 7.13. The number of nitrogen functional groups attached to an aromatic ring is 1. The first-order valence-electron chi connectivity index (χ1n) is 5.19. The zero-order valence-electron chi connectivity index (χ0n) is 9.00. The van der Waals surface area contributed by atoms with Gasteiger partial charge in [-0.25, -0.2) is 4.98 Å². The summed E-state index contributed by atoms with van der Waals surface area (Å²) in [6, 6.07) is 0.586. The Labute approximate surface area is 94.5 Å². The van der Waals surface area contributed by atoms with E-state index in [1.807, 2.05) is 6.92 Å². The molecule has 0 bridgehead atoms. The lowest BCUT2D eigenvalue weighted by Crippen LogP contribution is -2.27. The minimum Gasteiger partial charge on any atom is -0.394 e. The second kappa shape index (κ2) is 3.85. The average molecular weight is 227 g/mol. The van der Waals surface area contributed by atoms with Crippen molar-refractivity contribution in [2.45, 2.75) is 32.7 Å². The second-order valence-corrected chi connectivity index (χ2v) is 4.17. The van der Waals surface area contributed by atoms with Crippen molar-refractivity contribution in [1.29, 1.82) is 0 Å². The van der Waals surface area contributed by atoms with Crippen molar-refractivity contribution in [3.8, 4) is 0 Å². The number of aryl methyl sites for hydroxylation is 1. The standard InChI is InChI=1S/C10H15ClN4/c1-3-15(7-4-5-7)9-8(12)6(2)13-10(11)14-9/h7H,3-5,12H2,1-2H3. The summed E-state index contributed by atoms with van der Waals surface area (Å²) in [4.78, 5) is 10.5. The van der Waals surface area contributed by atoms with Gasteiger partial charge in [-0.3, -0.25) is 0 Å². The van der Waals surface area contributed by atoms with Crippen molar-refractivity contribution in [3.05, 3.63) is 11.0 Å². The van der Waals surface area contributed by atoms with Gasteiger partial charge in [0, 0.05) is 12.6 Å². The smallest absolute Gasteiger partial charge is 0.224 e. The van der Waals surface area contributed by atoms with Crippen LogP contribution >= 0.6 is 11.6 Å². The average Bonchev–Trinajstić information content (AvgIpc) is 2.98. The van der Waals surface area contributed by atoms with Gasteiger partial charge in [-0.2, -0.15) is 4.98 Å². The van der Waals surface area contributed by atoms with Gasteiger partial charge in [0.25, 0.3) is 0 Å². The van der Waals surface area contributed by atoms with E-state index in [1.165, 1.54) is 12.8 Å². The largest absolute Gasteiger partial charge is 0.394 e. The minimum atomic E-state index is 0.274. The van der Waals surface area contributed by atoms with E-state index in [-0.39, 0.29) is 5.28 Å². The highest BCUT2D eigenvalue weighted by atomic mass is 35.5. The molecule has 1 aliphatic carbocycles. The summed E-state index contributed by atoms with van der Waals surface area (Å²) in [5.41, 5.74) is 7.37. The molecule has 0 unspecified atom stereocenters. The summed E-state index contributed by atoms with van der Waals surface area (Å²) in [6.45, 7) is 4.86. The molecule has 5 heteroatoms. The fraction of sp³-hybridized carbons (Fsp3) is 0.600. The molecule has 82 valence electrons. The van der Waals surface area contributed by atoms with Crippen LogP contribution in [-0.2, 0) is 0 Å². The van der Waals surface area contributed by atoms with Gasteiger partial charge >= 0.3 is 0 Å². The van der Waals surface area contributed by atoms with Crippen molar-refractivity contribution in [2.24, 2.45) is 0 Å². The van der Waals surface area contributed by atoms with Gasteiger partial charge in [0.15, 0.2) is 5.82 Å². The number of nitrogens with two attached hydrogens (primary N) is 1. The SMILES string of the molecule is CCN(c1nc(Cl)nc(C)c1N)C1CC1. The van der Waals surface area contributed by atoms with Gasteiger partial charge < -0.3 is 10.6 Å². The highest BCUT2D eigenvalue weighted by Gasteiger charge is 2.30. The lowest BCUT2D eigenvalue weighted by molar-refractivity contribution is 0.805. The maximum Gasteiger partial charge on any atom is 0.224 e. The molecule has 2 N–H and O–H groups in total. The van der Waals surface area contributed by atoms with Crippen LogP contribution in [0.4, 0.5) is 11.5 Å². The molecule has 0 amide bonds. The third kappa shape index (κ3) is 2.00. The lowest BCUT2D eigenvalue weighted by Gasteiger charge is -2.23. The van der Waals surface area contributed by atoms with E-state index in [0.29, 0.717) is 11.7 Å². The molecule has 0 spiro atoms. The first-order valence-corrected chi connectivity index (χ1v) is 5.57. The summed E-state index contributed by atoms with van der Waals surface area (Å²) < 4.78 is 0. The van der Waals surface area contributed by atoms with E-state index >= 15 is 0 Å². The Balaban J connectivity index is 2.40. The number of halogens is 1. The van der Waals surface area contributed by atoms with E-state index in [4.69, 9.17) is 17.3 Å².